The quantitative estimate of drug-likeness (QED) is 0.0141. The van der Waals surface area contributed by atoms with Gasteiger partial charge in [0.2, 0.25) is 0 Å². The van der Waals surface area contributed by atoms with Gasteiger partial charge in [-0.15, -0.1) is 0 Å². The van der Waals surface area contributed by atoms with Gasteiger partial charge in [-0.05, 0) is 242 Å². The van der Waals surface area contributed by atoms with E-state index in [0.29, 0.717) is 126 Å². The van der Waals surface area contributed by atoms with E-state index in [1.807, 2.05) is 34.6 Å². The zero-order chi connectivity index (χ0) is 102. The van der Waals surface area contributed by atoms with Crippen LogP contribution in [-0.4, -0.2) is 194 Å². The molecule has 3 aliphatic rings. The molecule has 0 spiro atoms. The fraction of sp³-hybridized carbons (Fsp3) is 0.684. The molecule has 0 bridgehead atoms. The summed E-state index contributed by atoms with van der Waals surface area (Å²) in [5.41, 5.74) is -2.68. The highest BCUT2D eigenvalue weighted by molar-refractivity contribution is 6.74. The minimum absolute atomic E-state index is 0.0567. The van der Waals surface area contributed by atoms with Gasteiger partial charge in [-0.25, -0.2) is 4.79 Å². The van der Waals surface area contributed by atoms with Crippen LogP contribution in [0.5, 0.6) is 0 Å². The van der Waals surface area contributed by atoms with Gasteiger partial charge >= 0.3 is 42.4 Å². The largest absolute Gasteiger partial charge is 0.478 e. The Labute approximate surface area is 811 Å². The number of carboxylic acid groups (broad SMARTS) is 1. The van der Waals surface area contributed by atoms with Gasteiger partial charge in [0.15, 0.2) is 16.6 Å². The van der Waals surface area contributed by atoms with E-state index in [-0.39, 0.29) is 77.4 Å². The normalized spacial score (nSPS) is 19.9. The Bertz CT molecular complexity index is 4850. The fourth-order valence-electron chi connectivity index (χ4n) is 17.7. The number of nitrogens with one attached hydrogen (secondary N) is 1. The van der Waals surface area contributed by atoms with Crippen molar-refractivity contribution in [1.82, 2.24) is 59.4 Å². The highest BCUT2D eigenvalue weighted by Gasteiger charge is 2.53. The van der Waals surface area contributed by atoms with E-state index in [4.69, 9.17) is 74.6 Å². The van der Waals surface area contributed by atoms with Gasteiger partial charge in [0.1, 0.15) is 5.56 Å². The molecule has 3 fully saturated rings. The third kappa shape index (κ3) is 29.0. The van der Waals surface area contributed by atoms with Crippen LogP contribution in [0.25, 0.3) is 0 Å². The molecule has 6 heterocycles. The molecule has 0 radical (unpaired) electrons. The summed E-state index contributed by atoms with van der Waals surface area (Å²) in [5.74, 6) is -2.75. The number of carbonyl (C=O) groups excluding carboxylic acids is 5. The molecule has 9 rings (SSSR count). The number of amides is 2. The first-order valence-electron chi connectivity index (χ1n) is 46.6. The zero-order valence-electron chi connectivity index (χ0n) is 82.5. The lowest BCUT2D eigenvalue weighted by atomic mass is 9.74. The molecule has 758 valence electrons. The number of hydrogen-bond donors (Lipinski definition) is 3. The molecule has 6 aromatic heterocycles. The molecule has 3 unspecified atom stereocenters. The van der Waals surface area contributed by atoms with E-state index >= 15 is 0 Å². The van der Waals surface area contributed by atoms with Gasteiger partial charge in [-0.1, -0.05) is 87.9 Å². The molecule has 6 aromatic rings. The summed E-state index contributed by atoms with van der Waals surface area (Å²) in [5, 5.41) is 37.4. The molecule has 2 amide bonds. The zero-order valence-corrected chi connectivity index (χ0v) is 87.5. The average Bonchev–Trinajstić information content (AvgIpc) is 1.75. The highest BCUT2D eigenvalue weighted by atomic mass is 35.5. The number of hydrogen-bond acceptors (Lipinski definition) is 19. The number of esters is 3. The number of carboxylic acids is 1. The molecule has 0 aromatic carbocycles. The predicted molar refractivity (Wildman–Crippen MR) is 508 cm³/mol. The summed E-state index contributed by atoms with van der Waals surface area (Å²) in [6.45, 7) is 38.2. The van der Waals surface area contributed by atoms with Crippen molar-refractivity contribution in [2.45, 2.75) is 328 Å². The molecule has 3 saturated carbocycles. The lowest BCUT2D eigenvalue weighted by molar-refractivity contribution is -0.215. The first-order valence-corrected chi connectivity index (χ1v) is 53.2. The van der Waals surface area contributed by atoms with E-state index in [0.717, 1.165) is 100 Å². The second-order valence-corrected chi connectivity index (χ2v) is 49.8. The second kappa shape index (κ2) is 48.7. The highest BCUT2D eigenvalue weighted by Crippen LogP contribution is 2.49. The Morgan fingerprint density at radius 1 is 0.444 bits per heavy atom. The van der Waals surface area contributed by atoms with Crippen LogP contribution in [0.2, 0.25) is 56.4 Å². The van der Waals surface area contributed by atoms with Crippen molar-refractivity contribution in [3.05, 3.63) is 137 Å². The number of pyridine rings is 3. The molecule has 3 atom stereocenters. The maximum atomic E-state index is 14.4. The van der Waals surface area contributed by atoms with Crippen LogP contribution in [0.1, 0.15) is 314 Å². The number of rotatable bonds is 37. The lowest BCUT2D eigenvalue weighted by Gasteiger charge is -2.39. The van der Waals surface area contributed by atoms with Crippen LogP contribution in [0.15, 0.2) is 55.8 Å². The Hall–Kier alpha value is -7.30. The van der Waals surface area contributed by atoms with E-state index in [1.165, 1.54) is 68.3 Å². The number of aliphatic hydroxyl groups is 1. The van der Waals surface area contributed by atoms with Crippen molar-refractivity contribution < 1.29 is 102 Å². The van der Waals surface area contributed by atoms with E-state index < -0.39 is 123 Å². The Morgan fingerprint density at radius 2 is 0.733 bits per heavy atom. The molecular weight excluding hydrogens is 1890 g/mol. The standard InChI is InChI=1S/C34H52ClF3N4O4Si.C28H38ClF3N4O4.C18H29Cl2F3N2OSi.C15H22N2O4/c1-10-45-31(44)33(9)16-14-25(15-17-33)42-24(6)26(19-40-42)30(43)41(22-32(7,8)34(36,37)38)21-28(46-47(11-2,12-3)13-4)29-23(5)18-39-20-27(29)35;1-7-40-25(39)27(6)10-8-19(9-11-27)36-18(3)20(13-34-36)24(38)35(16-26(4,5)28(30,31)32)15-22(37)23-17(2)12-33-14-21(23)29;1-6-27(7-2,8-3)26-15(16-13(19)9-24-10-14(16)20)11-25-12-17(4,5)18(21,22)23;1-4-21-14(20)15(3)7-5-11(6-8-15)17-10(2)12(9-16-17)13(18)19/h18-20,25,28H,10-17,21-22H2,1-9H3;12-14,19,22,37H,7-11,15-16H2,1-6H3;9-10,15,25H,6-8,11-12H2,1-5H3;9,11H,4-8H2,1-3H3,(H,18,19). The topological polar surface area (TPSA) is 300 Å². The Morgan fingerprint density at radius 3 is 1.03 bits per heavy atom. The summed E-state index contributed by atoms with van der Waals surface area (Å²) in [6.07, 6.45) is 5.14. The SMILES string of the molecule is CCOC(=O)C1(C)CCC(n2ncc(C(=O)N(CC(O)c3c(C)cncc3Cl)CC(C)(C)C(F)(F)F)c2C)CC1.CCOC(=O)C1(C)CCC(n2ncc(C(=O)N(CC(O[Si](CC)(CC)CC)c3c(C)cncc3Cl)CC(C)(C)C(F)(F)F)c2C)CC1.CCOC(=O)C1(C)CCC(n2ncc(C(=O)O)c2C)CC1.CC[Si](CC)(CC)OC(CNCC(C)(C)C(F)(F)F)c1c(Cl)cncc1Cl. The van der Waals surface area contributed by atoms with Crippen molar-refractivity contribution in [2.75, 3.05) is 59.1 Å². The van der Waals surface area contributed by atoms with Gasteiger partial charge in [0.25, 0.3) is 11.8 Å². The average molecular weight is 2030 g/mol. The summed E-state index contributed by atoms with van der Waals surface area (Å²) in [7, 11) is -4.37. The molecule has 40 heteroatoms. The minimum atomic E-state index is -4.59. The van der Waals surface area contributed by atoms with Crippen LogP contribution < -0.4 is 5.32 Å². The minimum Gasteiger partial charge on any atom is -0.478 e. The predicted octanol–water partition coefficient (Wildman–Crippen LogP) is 24.2. The molecular formula is C95H141Cl4F9N12O13Si2. The van der Waals surface area contributed by atoms with E-state index in [1.54, 1.807) is 61.8 Å². The van der Waals surface area contributed by atoms with Crippen LogP contribution in [0, 0.1) is 67.1 Å². The first-order chi connectivity index (χ1) is 62.7. The van der Waals surface area contributed by atoms with Crippen molar-refractivity contribution in [2.24, 2.45) is 32.5 Å². The number of nitrogens with zero attached hydrogens (tertiary/aromatic N) is 11. The number of carbonyl (C=O) groups is 6. The monoisotopic (exact) mass is 2020 g/mol. The van der Waals surface area contributed by atoms with Gasteiger partial charge in [0.05, 0.1) is 157 Å². The molecule has 0 aliphatic heterocycles. The van der Waals surface area contributed by atoms with Crippen LogP contribution in [-0.2, 0) is 37.4 Å². The number of aromatic carboxylic acids is 1. The number of alkyl halides is 9. The van der Waals surface area contributed by atoms with Crippen molar-refractivity contribution in [3.8, 4) is 0 Å². The van der Waals surface area contributed by atoms with Crippen LogP contribution in [0.4, 0.5) is 39.5 Å². The molecule has 135 heavy (non-hydrogen) atoms. The molecule has 3 aliphatic carbocycles. The van der Waals surface area contributed by atoms with E-state index in [2.05, 4.69) is 77.1 Å². The third-order valence-corrected chi connectivity index (χ3v) is 38.4. The summed E-state index contributed by atoms with van der Waals surface area (Å²) in [4.78, 5) is 90.6. The summed E-state index contributed by atoms with van der Waals surface area (Å²) < 4.78 is 158. The number of aliphatic hydroxyl groups excluding tert-OH is 1. The van der Waals surface area contributed by atoms with Crippen LogP contribution >= 0.6 is 46.4 Å². The summed E-state index contributed by atoms with van der Waals surface area (Å²) in [6, 6.07) is 5.17. The lowest BCUT2D eigenvalue weighted by Crippen LogP contribution is -2.48. The van der Waals surface area contributed by atoms with Gasteiger partial charge < -0.3 is 48.4 Å². The van der Waals surface area contributed by atoms with Gasteiger partial charge in [-0.2, -0.15) is 54.8 Å². The Kier molecular flexibility index (Phi) is 42.0. The first kappa shape index (κ1) is 116. The smallest absolute Gasteiger partial charge is 0.395 e. The van der Waals surface area contributed by atoms with Crippen molar-refractivity contribution in [1.29, 1.82) is 0 Å². The second-order valence-electron chi connectivity index (χ2n) is 38.7. The summed E-state index contributed by atoms with van der Waals surface area (Å²) >= 11 is 25.5. The fourth-order valence-corrected chi connectivity index (χ4v) is 24.5. The maximum absolute atomic E-state index is 14.4. The van der Waals surface area contributed by atoms with Crippen molar-refractivity contribution >= 4 is 98.7 Å². The van der Waals surface area contributed by atoms with Gasteiger partial charge in [0, 0.05) is 91.4 Å². The number of halogens is 13. The third-order valence-electron chi connectivity index (χ3n) is 27.9. The molecule has 3 N–H and O–H groups in total. The van der Waals surface area contributed by atoms with Gasteiger partial charge in [-0.3, -0.25) is 53.0 Å². The number of ether oxygens (including phenoxy) is 3. The van der Waals surface area contributed by atoms with Crippen molar-refractivity contribution in [3.63, 3.8) is 0 Å². The molecule has 25 nitrogen and oxygen atoms in total. The van der Waals surface area contributed by atoms with Crippen LogP contribution in [0.3, 0.4) is 0 Å². The Balaban J connectivity index is 0.000000288. The van der Waals surface area contributed by atoms with E-state index in [9.17, 15) is 73.4 Å². The molecule has 0 saturated heterocycles. The maximum Gasteiger partial charge on any atom is 0.395 e. The number of aromatic nitrogens is 9. The number of aryl methyl sites for hydroxylation is 2.